The van der Waals surface area contributed by atoms with E-state index in [1.165, 1.54) is 19.3 Å². The van der Waals surface area contributed by atoms with Gasteiger partial charge in [0.15, 0.2) is 0 Å². The van der Waals surface area contributed by atoms with E-state index >= 15 is 0 Å². The summed E-state index contributed by atoms with van der Waals surface area (Å²) < 4.78 is 0. The van der Waals surface area contributed by atoms with Crippen LogP contribution in [0.1, 0.15) is 50.0 Å². The van der Waals surface area contributed by atoms with E-state index in [1.807, 2.05) is 18.2 Å². The van der Waals surface area contributed by atoms with Gasteiger partial charge in [0.1, 0.15) is 0 Å². The maximum atomic E-state index is 9.00. The zero-order valence-corrected chi connectivity index (χ0v) is 11.8. The summed E-state index contributed by atoms with van der Waals surface area (Å²) in [6, 6.07) is 8.00. The number of rotatable bonds is 2. The highest BCUT2D eigenvalue weighted by Gasteiger charge is 2.28. The minimum absolute atomic E-state index is 0.341. The fourth-order valence-electron chi connectivity index (χ4n) is 2.99. The quantitative estimate of drug-likeness (QED) is 0.650. The van der Waals surface area contributed by atoms with Crippen molar-refractivity contribution in [2.75, 3.05) is 0 Å². The number of halogens is 2. The molecule has 0 saturated heterocycles. The molecule has 18 heavy (non-hydrogen) atoms. The molecule has 96 valence electrons. The van der Waals surface area contributed by atoms with Crippen LogP contribution >= 0.6 is 23.2 Å². The predicted molar refractivity (Wildman–Crippen MR) is 76.0 cm³/mol. The van der Waals surface area contributed by atoms with Crippen molar-refractivity contribution in [1.29, 1.82) is 5.26 Å². The summed E-state index contributed by atoms with van der Waals surface area (Å²) in [4.78, 5) is 0. The van der Waals surface area contributed by atoms with Gasteiger partial charge in [-0.05, 0) is 42.4 Å². The largest absolute Gasteiger partial charge is 0.198 e. The van der Waals surface area contributed by atoms with Crippen molar-refractivity contribution in [3.8, 4) is 6.07 Å². The molecule has 1 aromatic carbocycles. The van der Waals surface area contributed by atoms with Crippen LogP contribution in [0.5, 0.6) is 0 Å². The normalized spacial score (nSPS) is 24.3. The van der Waals surface area contributed by atoms with Crippen molar-refractivity contribution < 1.29 is 0 Å². The lowest BCUT2D eigenvalue weighted by molar-refractivity contribution is 0.406. The Morgan fingerprint density at radius 1 is 1.11 bits per heavy atom. The molecule has 1 aliphatic carbocycles. The highest BCUT2D eigenvalue weighted by Crippen LogP contribution is 2.43. The predicted octanol–water partition coefficient (Wildman–Crippen LogP) is 5.57. The van der Waals surface area contributed by atoms with Gasteiger partial charge in [0.25, 0.3) is 0 Å². The van der Waals surface area contributed by atoms with Gasteiger partial charge < -0.3 is 0 Å². The van der Waals surface area contributed by atoms with E-state index in [2.05, 4.69) is 6.07 Å². The fraction of sp³-hybridized carbons (Fsp3) is 0.533. The van der Waals surface area contributed by atoms with Crippen LogP contribution in [0.3, 0.4) is 0 Å². The Hall–Kier alpha value is -0.710. The van der Waals surface area contributed by atoms with E-state index in [1.54, 1.807) is 0 Å². The van der Waals surface area contributed by atoms with E-state index in [9.17, 15) is 0 Å². The standard InChI is InChI=1S/C15H17Cl2N/c16-13-7-4-8-14(17)15(13)12-6-3-1-2-5-11(12)9-10-18/h4,7-8,11-12H,1-3,5-6,9H2. The minimum Gasteiger partial charge on any atom is -0.198 e. The average Bonchev–Trinajstić information content (AvgIpc) is 2.56. The molecule has 2 unspecified atom stereocenters. The first-order valence-corrected chi connectivity index (χ1v) is 7.30. The first-order chi connectivity index (χ1) is 8.74. The van der Waals surface area contributed by atoms with Crippen molar-refractivity contribution in [1.82, 2.24) is 0 Å². The lowest BCUT2D eigenvalue weighted by Gasteiger charge is -2.25. The number of nitriles is 1. The van der Waals surface area contributed by atoms with E-state index in [0.717, 1.165) is 28.5 Å². The maximum Gasteiger partial charge on any atom is 0.0624 e. The molecule has 0 radical (unpaired) electrons. The third-order valence-electron chi connectivity index (χ3n) is 3.88. The Morgan fingerprint density at radius 2 is 1.78 bits per heavy atom. The third-order valence-corrected chi connectivity index (χ3v) is 4.54. The first kappa shape index (κ1) is 13.7. The van der Waals surface area contributed by atoms with Crippen LogP contribution in [0.25, 0.3) is 0 Å². The van der Waals surface area contributed by atoms with E-state index < -0.39 is 0 Å². The number of hydrogen-bond donors (Lipinski definition) is 0. The van der Waals surface area contributed by atoms with Gasteiger partial charge in [0.05, 0.1) is 6.07 Å². The van der Waals surface area contributed by atoms with Crippen molar-refractivity contribution >= 4 is 23.2 Å². The maximum absolute atomic E-state index is 9.00. The molecule has 1 aliphatic rings. The van der Waals surface area contributed by atoms with Crippen molar-refractivity contribution in [3.05, 3.63) is 33.8 Å². The second-order valence-electron chi connectivity index (χ2n) is 5.00. The molecule has 1 fully saturated rings. The van der Waals surface area contributed by atoms with Gasteiger partial charge in [0.2, 0.25) is 0 Å². The number of nitrogens with zero attached hydrogens (tertiary/aromatic N) is 1. The van der Waals surface area contributed by atoms with E-state index in [4.69, 9.17) is 28.5 Å². The lowest BCUT2D eigenvalue weighted by Crippen LogP contribution is -2.12. The van der Waals surface area contributed by atoms with Gasteiger partial charge in [-0.2, -0.15) is 5.26 Å². The molecular weight excluding hydrogens is 265 g/mol. The highest BCUT2D eigenvalue weighted by atomic mass is 35.5. The second kappa shape index (κ2) is 6.45. The molecule has 1 saturated carbocycles. The topological polar surface area (TPSA) is 23.8 Å². The van der Waals surface area contributed by atoms with Gasteiger partial charge in [-0.1, -0.05) is 48.5 Å². The Bertz CT molecular complexity index is 430. The van der Waals surface area contributed by atoms with Gasteiger partial charge in [-0.3, -0.25) is 0 Å². The van der Waals surface area contributed by atoms with Gasteiger partial charge in [-0.15, -0.1) is 0 Å². The zero-order chi connectivity index (χ0) is 13.0. The SMILES string of the molecule is N#CCC1CCCCCC1c1c(Cl)cccc1Cl. The van der Waals surface area contributed by atoms with Crippen molar-refractivity contribution in [2.24, 2.45) is 5.92 Å². The van der Waals surface area contributed by atoms with Crippen molar-refractivity contribution in [2.45, 2.75) is 44.4 Å². The molecule has 0 aliphatic heterocycles. The summed E-state index contributed by atoms with van der Waals surface area (Å²) >= 11 is 12.6. The van der Waals surface area contributed by atoms with Crippen molar-refractivity contribution in [3.63, 3.8) is 0 Å². The Kier molecular flexibility index (Phi) is 4.92. The second-order valence-corrected chi connectivity index (χ2v) is 5.82. The monoisotopic (exact) mass is 281 g/mol. The third kappa shape index (κ3) is 2.99. The Labute approximate surface area is 119 Å². The molecule has 0 N–H and O–H groups in total. The van der Waals surface area contributed by atoms with Crippen LogP contribution in [0, 0.1) is 17.2 Å². The summed E-state index contributed by atoms with van der Waals surface area (Å²) in [5.74, 6) is 0.739. The van der Waals surface area contributed by atoms with Gasteiger partial charge in [0, 0.05) is 16.5 Å². The lowest BCUT2D eigenvalue weighted by atomic mass is 9.81. The number of benzene rings is 1. The van der Waals surface area contributed by atoms with E-state index in [0.29, 0.717) is 18.3 Å². The Balaban J connectivity index is 2.35. The molecular formula is C15H17Cl2N. The molecule has 0 heterocycles. The van der Waals surface area contributed by atoms with E-state index in [-0.39, 0.29) is 0 Å². The molecule has 1 aromatic rings. The smallest absolute Gasteiger partial charge is 0.0624 e. The highest BCUT2D eigenvalue weighted by molar-refractivity contribution is 6.36. The molecule has 0 spiro atoms. The number of hydrogen-bond acceptors (Lipinski definition) is 1. The van der Waals surface area contributed by atoms with Crippen LogP contribution in [0.2, 0.25) is 10.0 Å². The first-order valence-electron chi connectivity index (χ1n) is 6.55. The van der Waals surface area contributed by atoms with Gasteiger partial charge in [-0.25, -0.2) is 0 Å². The molecule has 0 amide bonds. The molecule has 1 nitrogen and oxygen atoms in total. The summed E-state index contributed by atoms with van der Waals surface area (Å²) in [6.07, 6.45) is 6.47. The minimum atomic E-state index is 0.341. The zero-order valence-electron chi connectivity index (χ0n) is 10.3. The summed E-state index contributed by atoms with van der Waals surface area (Å²) in [5.41, 5.74) is 1.06. The molecule has 2 atom stereocenters. The van der Waals surface area contributed by atoms with Crippen LogP contribution in [-0.4, -0.2) is 0 Å². The van der Waals surface area contributed by atoms with Crippen LogP contribution in [0.15, 0.2) is 18.2 Å². The summed E-state index contributed by atoms with van der Waals surface area (Å²) in [7, 11) is 0. The van der Waals surface area contributed by atoms with Gasteiger partial charge >= 0.3 is 0 Å². The molecule has 0 bridgehead atoms. The van der Waals surface area contributed by atoms with Crippen LogP contribution < -0.4 is 0 Å². The summed E-state index contributed by atoms with van der Waals surface area (Å²) in [6.45, 7) is 0. The van der Waals surface area contributed by atoms with Crippen LogP contribution in [-0.2, 0) is 0 Å². The summed E-state index contributed by atoms with van der Waals surface area (Å²) in [5, 5.41) is 10.5. The van der Waals surface area contributed by atoms with Crippen LogP contribution in [0.4, 0.5) is 0 Å². The molecule has 3 heteroatoms. The molecule has 0 aromatic heterocycles. The fourth-order valence-corrected chi connectivity index (χ4v) is 3.67. The Morgan fingerprint density at radius 3 is 2.44 bits per heavy atom. The molecule has 2 rings (SSSR count). The average molecular weight is 282 g/mol.